The van der Waals surface area contributed by atoms with E-state index >= 15 is 0 Å². The van der Waals surface area contributed by atoms with Crippen LogP contribution in [0.3, 0.4) is 0 Å². The maximum absolute atomic E-state index is 13.6. The molecule has 0 amide bonds. The first-order chi connectivity index (χ1) is 7.63. The average molecular weight is 253 g/mol. The molecule has 0 aliphatic heterocycles. The fourth-order valence-corrected chi connectivity index (χ4v) is 2.61. The van der Waals surface area contributed by atoms with Crippen molar-refractivity contribution in [3.63, 3.8) is 0 Å². The summed E-state index contributed by atoms with van der Waals surface area (Å²) in [6.45, 7) is 0. The van der Waals surface area contributed by atoms with E-state index in [0.717, 1.165) is 11.3 Å². The van der Waals surface area contributed by atoms with Crippen molar-refractivity contribution >= 4 is 28.6 Å². The number of nitrogen functional groups attached to an aromatic ring is 1. The van der Waals surface area contributed by atoms with Gasteiger partial charge in [-0.25, -0.2) is 4.39 Å². The van der Waals surface area contributed by atoms with Crippen LogP contribution in [0.5, 0.6) is 0 Å². The van der Waals surface area contributed by atoms with Gasteiger partial charge in [0.1, 0.15) is 16.8 Å². The Kier molecular flexibility index (Phi) is 2.82. The second-order valence-electron chi connectivity index (χ2n) is 3.10. The summed E-state index contributed by atoms with van der Waals surface area (Å²) >= 11 is 7.04. The van der Waals surface area contributed by atoms with E-state index < -0.39 is 5.82 Å². The fourth-order valence-electron chi connectivity index (χ4n) is 1.35. The molecule has 2 rings (SSSR count). The molecule has 0 fully saturated rings. The third-order valence-electron chi connectivity index (χ3n) is 2.07. The highest BCUT2D eigenvalue weighted by molar-refractivity contribution is 7.16. The first kappa shape index (κ1) is 10.9. The van der Waals surface area contributed by atoms with Gasteiger partial charge in [0.05, 0.1) is 10.7 Å². The molecule has 0 atom stereocenters. The molecule has 0 unspecified atom stereocenters. The van der Waals surface area contributed by atoms with E-state index in [-0.39, 0.29) is 0 Å². The van der Waals surface area contributed by atoms with Crippen molar-refractivity contribution in [1.82, 2.24) is 0 Å². The van der Waals surface area contributed by atoms with Crippen LogP contribution >= 0.6 is 22.9 Å². The second kappa shape index (κ2) is 4.12. The van der Waals surface area contributed by atoms with Gasteiger partial charge in [0.15, 0.2) is 0 Å². The molecule has 16 heavy (non-hydrogen) atoms. The second-order valence-corrected chi connectivity index (χ2v) is 4.56. The lowest BCUT2D eigenvalue weighted by atomic mass is 10.1. The molecule has 80 valence electrons. The van der Waals surface area contributed by atoms with Crippen LogP contribution in [0.15, 0.2) is 24.3 Å². The van der Waals surface area contributed by atoms with Crippen molar-refractivity contribution in [1.29, 1.82) is 5.26 Å². The van der Waals surface area contributed by atoms with E-state index in [4.69, 9.17) is 22.6 Å². The van der Waals surface area contributed by atoms with E-state index in [0.29, 0.717) is 26.0 Å². The summed E-state index contributed by atoms with van der Waals surface area (Å²) in [6, 6.07) is 7.97. The molecule has 0 saturated carbocycles. The molecule has 0 saturated heterocycles. The predicted molar refractivity (Wildman–Crippen MR) is 63.9 cm³/mol. The summed E-state index contributed by atoms with van der Waals surface area (Å²) < 4.78 is 13.6. The average Bonchev–Trinajstić information content (AvgIpc) is 2.59. The predicted octanol–water partition coefficient (Wildman–Crippen LogP) is 3.66. The van der Waals surface area contributed by atoms with Crippen LogP contribution in [0.4, 0.5) is 10.1 Å². The summed E-state index contributed by atoms with van der Waals surface area (Å²) in [5.74, 6) is -0.418. The van der Waals surface area contributed by atoms with Gasteiger partial charge in [-0.15, -0.1) is 11.3 Å². The highest BCUT2D eigenvalue weighted by atomic mass is 35.5. The van der Waals surface area contributed by atoms with Gasteiger partial charge >= 0.3 is 0 Å². The first-order valence-electron chi connectivity index (χ1n) is 4.37. The van der Waals surface area contributed by atoms with Crippen molar-refractivity contribution in [3.8, 4) is 16.5 Å². The first-order valence-corrected chi connectivity index (χ1v) is 5.56. The Balaban J connectivity index is 2.64. The zero-order valence-electron chi connectivity index (χ0n) is 8.00. The van der Waals surface area contributed by atoms with Crippen LogP contribution in [0, 0.1) is 17.1 Å². The van der Waals surface area contributed by atoms with Gasteiger partial charge in [-0.3, -0.25) is 0 Å². The zero-order chi connectivity index (χ0) is 11.7. The topological polar surface area (TPSA) is 49.8 Å². The number of hydrogen-bond donors (Lipinski definition) is 1. The van der Waals surface area contributed by atoms with Crippen molar-refractivity contribution in [2.75, 3.05) is 5.73 Å². The zero-order valence-corrected chi connectivity index (χ0v) is 9.57. The standard InChI is InChI=1S/C11H6ClFN2S/c12-6-2-1-3-7(13)11(6)9-4-8(15)10(5-14)16-9/h1-4H,15H2. The van der Waals surface area contributed by atoms with Gasteiger partial charge in [-0.2, -0.15) is 5.26 Å². The van der Waals surface area contributed by atoms with E-state index in [2.05, 4.69) is 0 Å². The number of nitriles is 1. The van der Waals surface area contributed by atoms with Gasteiger partial charge in [-0.05, 0) is 18.2 Å². The van der Waals surface area contributed by atoms with Crippen LogP contribution in [0.1, 0.15) is 4.88 Å². The molecule has 2 N–H and O–H groups in total. The van der Waals surface area contributed by atoms with Crippen molar-refractivity contribution in [2.24, 2.45) is 0 Å². The maximum Gasteiger partial charge on any atom is 0.133 e. The number of thiophene rings is 1. The number of nitrogens with zero attached hydrogens (tertiary/aromatic N) is 1. The number of halogens is 2. The minimum absolute atomic E-state index is 0.294. The molecule has 0 bridgehead atoms. The molecule has 0 spiro atoms. The van der Waals surface area contributed by atoms with E-state index in [9.17, 15) is 4.39 Å². The van der Waals surface area contributed by atoms with E-state index in [1.807, 2.05) is 6.07 Å². The SMILES string of the molecule is N#Cc1sc(-c2c(F)cccc2Cl)cc1N. The Labute approximate surface area is 101 Å². The number of hydrogen-bond acceptors (Lipinski definition) is 3. The van der Waals surface area contributed by atoms with Crippen LogP contribution < -0.4 is 5.73 Å². The van der Waals surface area contributed by atoms with Crippen LogP contribution in [-0.2, 0) is 0 Å². The fraction of sp³-hybridized carbons (Fsp3) is 0. The smallest absolute Gasteiger partial charge is 0.133 e. The molecule has 0 aliphatic carbocycles. The molecule has 2 nitrogen and oxygen atoms in total. The largest absolute Gasteiger partial charge is 0.397 e. The number of rotatable bonds is 1. The molecule has 1 aromatic carbocycles. The maximum atomic E-state index is 13.6. The van der Waals surface area contributed by atoms with Gasteiger partial charge in [0.2, 0.25) is 0 Å². The lowest BCUT2D eigenvalue weighted by Crippen LogP contribution is -1.83. The minimum Gasteiger partial charge on any atom is -0.397 e. The molecule has 1 heterocycles. The third-order valence-corrected chi connectivity index (χ3v) is 3.46. The summed E-state index contributed by atoms with van der Waals surface area (Å²) in [6.07, 6.45) is 0. The lowest BCUT2D eigenvalue weighted by molar-refractivity contribution is 0.632. The van der Waals surface area contributed by atoms with Gasteiger partial charge in [0, 0.05) is 10.4 Å². The molecular weight excluding hydrogens is 247 g/mol. The van der Waals surface area contributed by atoms with Crippen LogP contribution in [0.2, 0.25) is 5.02 Å². The Morgan fingerprint density at radius 1 is 1.44 bits per heavy atom. The number of benzene rings is 1. The summed E-state index contributed by atoms with van der Waals surface area (Å²) in [5, 5.41) is 9.08. The van der Waals surface area contributed by atoms with Crippen molar-refractivity contribution in [2.45, 2.75) is 0 Å². The quantitative estimate of drug-likeness (QED) is 0.842. The number of anilines is 1. The number of nitrogens with two attached hydrogens (primary N) is 1. The van der Waals surface area contributed by atoms with E-state index in [1.165, 1.54) is 12.1 Å². The Morgan fingerprint density at radius 3 is 2.75 bits per heavy atom. The Bertz CT molecular complexity index is 566. The monoisotopic (exact) mass is 252 g/mol. The summed E-state index contributed by atoms with van der Waals surface area (Å²) in [5.41, 5.74) is 6.25. The summed E-state index contributed by atoms with van der Waals surface area (Å²) in [4.78, 5) is 0.937. The van der Waals surface area contributed by atoms with Gasteiger partial charge < -0.3 is 5.73 Å². The highest BCUT2D eigenvalue weighted by Gasteiger charge is 2.14. The van der Waals surface area contributed by atoms with Crippen LogP contribution in [0.25, 0.3) is 10.4 Å². The van der Waals surface area contributed by atoms with Crippen molar-refractivity contribution < 1.29 is 4.39 Å². The molecular formula is C11H6ClFN2S. The van der Waals surface area contributed by atoms with Crippen LogP contribution in [-0.4, -0.2) is 0 Å². The molecule has 2 aromatic rings. The highest BCUT2D eigenvalue weighted by Crippen LogP contribution is 2.37. The Hall–Kier alpha value is -1.57. The molecule has 5 heteroatoms. The lowest BCUT2D eigenvalue weighted by Gasteiger charge is -2.01. The normalized spacial score (nSPS) is 10.1. The van der Waals surface area contributed by atoms with Gasteiger partial charge in [-0.1, -0.05) is 17.7 Å². The minimum atomic E-state index is -0.418. The summed E-state index contributed by atoms with van der Waals surface area (Å²) in [7, 11) is 0. The third kappa shape index (κ3) is 1.75. The van der Waals surface area contributed by atoms with Gasteiger partial charge in [0.25, 0.3) is 0 Å². The Morgan fingerprint density at radius 2 is 2.19 bits per heavy atom. The molecule has 1 aromatic heterocycles. The molecule has 0 radical (unpaired) electrons. The van der Waals surface area contributed by atoms with Crippen molar-refractivity contribution in [3.05, 3.63) is 40.0 Å². The van der Waals surface area contributed by atoms with E-state index in [1.54, 1.807) is 12.1 Å². The molecule has 0 aliphatic rings.